The highest BCUT2D eigenvalue weighted by Gasteiger charge is 2.18. The first-order valence-corrected chi connectivity index (χ1v) is 7.83. The smallest absolute Gasteiger partial charge is 0.280 e. The molecule has 3 rings (SSSR count). The normalized spacial score (nSPS) is 10.5. The number of carbonyl (C=O) groups is 1. The molecule has 0 saturated heterocycles. The molecule has 0 aliphatic carbocycles. The van der Waals surface area contributed by atoms with E-state index in [9.17, 15) is 4.79 Å². The summed E-state index contributed by atoms with van der Waals surface area (Å²) in [5, 5.41) is 11.2. The summed E-state index contributed by atoms with van der Waals surface area (Å²) in [5.41, 5.74) is 7.56. The molecule has 0 aliphatic heterocycles. The van der Waals surface area contributed by atoms with Gasteiger partial charge in [-0.1, -0.05) is 35.0 Å². The third kappa shape index (κ3) is 3.89. The molecule has 3 aromatic rings. The van der Waals surface area contributed by atoms with Crippen molar-refractivity contribution in [2.24, 2.45) is 0 Å². The van der Waals surface area contributed by atoms with E-state index in [1.54, 1.807) is 43.5 Å². The van der Waals surface area contributed by atoms with Crippen LogP contribution in [0.25, 0.3) is 0 Å². The number of ether oxygens (including phenoxy) is 1. The number of methoxy groups -OCH3 is 1. The molecule has 0 spiro atoms. The number of rotatable bonds is 5. The number of hydrogen-bond acceptors (Lipinski definition) is 5. The van der Waals surface area contributed by atoms with Crippen molar-refractivity contribution in [1.29, 1.82) is 0 Å². The van der Waals surface area contributed by atoms with Gasteiger partial charge in [-0.3, -0.25) is 4.79 Å². The number of nitrogens with zero attached hydrogens (tertiary/aromatic N) is 3. The van der Waals surface area contributed by atoms with Gasteiger partial charge >= 0.3 is 0 Å². The van der Waals surface area contributed by atoms with Gasteiger partial charge in [0, 0.05) is 16.8 Å². The first kappa shape index (κ1) is 16.8. The maximum absolute atomic E-state index is 12.4. The van der Waals surface area contributed by atoms with E-state index in [4.69, 9.17) is 22.1 Å². The molecule has 1 amide bonds. The van der Waals surface area contributed by atoms with E-state index >= 15 is 0 Å². The molecule has 0 saturated carbocycles. The van der Waals surface area contributed by atoms with Crippen molar-refractivity contribution < 1.29 is 9.53 Å². The van der Waals surface area contributed by atoms with E-state index in [0.717, 1.165) is 5.56 Å². The molecule has 7 nitrogen and oxygen atoms in total. The Balaban J connectivity index is 1.76. The Bertz CT molecular complexity index is 910. The summed E-state index contributed by atoms with van der Waals surface area (Å²) in [6, 6.07) is 14.3. The summed E-state index contributed by atoms with van der Waals surface area (Å²) in [6.45, 7) is 0.367. The van der Waals surface area contributed by atoms with Crippen molar-refractivity contribution in [3.05, 3.63) is 64.8 Å². The second-order valence-corrected chi connectivity index (χ2v) is 5.73. The molecule has 2 aromatic carbocycles. The van der Waals surface area contributed by atoms with Crippen molar-refractivity contribution in [1.82, 2.24) is 15.0 Å². The van der Waals surface area contributed by atoms with Crippen LogP contribution >= 0.6 is 11.6 Å². The van der Waals surface area contributed by atoms with Gasteiger partial charge in [-0.15, -0.1) is 5.10 Å². The fraction of sp³-hybridized carbons (Fsp3) is 0.118. The summed E-state index contributed by atoms with van der Waals surface area (Å²) in [4.78, 5) is 12.4. The van der Waals surface area contributed by atoms with E-state index in [-0.39, 0.29) is 11.5 Å². The third-order valence-corrected chi connectivity index (χ3v) is 3.77. The van der Waals surface area contributed by atoms with Crippen LogP contribution in [0.1, 0.15) is 16.1 Å². The summed E-state index contributed by atoms with van der Waals surface area (Å²) in [6.07, 6.45) is 0. The van der Waals surface area contributed by atoms with E-state index in [0.29, 0.717) is 23.0 Å². The highest BCUT2D eigenvalue weighted by molar-refractivity contribution is 6.30. The maximum Gasteiger partial charge on any atom is 0.280 e. The van der Waals surface area contributed by atoms with E-state index < -0.39 is 5.91 Å². The van der Waals surface area contributed by atoms with Crippen LogP contribution in [0.3, 0.4) is 0 Å². The highest BCUT2D eigenvalue weighted by Crippen LogP contribution is 2.19. The zero-order valence-electron chi connectivity index (χ0n) is 13.4. The molecule has 25 heavy (non-hydrogen) atoms. The number of hydrogen-bond donors (Lipinski definition) is 2. The quantitative estimate of drug-likeness (QED) is 0.732. The molecular weight excluding hydrogens is 342 g/mol. The van der Waals surface area contributed by atoms with E-state index in [1.165, 1.54) is 4.68 Å². The molecular formula is C17H16ClN5O2. The SMILES string of the molecule is COc1cccc(NC(=O)c2nnn(Cc3cccc(Cl)c3)c2N)c1. The molecule has 3 N–H and O–H groups in total. The number of carbonyl (C=O) groups excluding carboxylic acids is 1. The summed E-state index contributed by atoms with van der Waals surface area (Å²) in [7, 11) is 1.56. The number of nitrogens with two attached hydrogens (primary N) is 1. The Kier molecular flexibility index (Phi) is 4.85. The van der Waals surface area contributed by atoms with Crippen molar-refractivity contribution in [3.63, 3.8) is 0 Å². The summed E-state index contributed by atoms with van der Waals surface area (Å²) >= 11 is 5.97. The molecule has 0 atom stereocenters. The average molecular weight is 358 g/mol. The van der Waals surface area contributed by atoms with Crippen LogP contribution in [0.5, 0.6) is 5.75 Å². The molecule has 1 heterocycles. The van der Waals surface area contributed by atoms with Crippen molar-refractivity contribution in [2.75, 3.05) is 18.2 Å². The standard InChI is InChI=1S/C17H16ClN5O2/c1-25-14-7-3-6-13(9-14)20-17(24)15-16(19)23(22-21-15)10-11-4-2-5-12(18)8-11/h2-9H,10,19H2,1H3,(H,20,24). The Labute approximate surface area is 149 Å². The lowest BCUT2D eigenvalue weighted by Crippen LogP contribution is -2.15. The van der Waals surface area contributed by atoms with Gasteiger partial charge in [0.15, 0.2) is 11.5 Å². The first-order valence-electron chi connectivity index (χ1n) is 7.45. The fourth-order valence-electron chi connectivity index (χ4n) is 2.30. The van der Waals surface area contributed by atoms with Crippen LogP contribution < -0.4 is 15.8 Å². The zero-order valence-corrected chi connectivity index (χ0v) is 14.2. The predicted molar refractivity (Wildman–Crippen MR) is 95.9 cm³/mol. The number of nitrogen functional groups attached to an aromatic ring is 1. The Morgan fingerprint density at radius 3 is 2.84 bits per heavy atom. The lowest BCUT2D eigenvalue weighted by Gasteiger charge is -2.06. The van der Waals surface area contributed by atoms with E-state index in [1.807, 2.05) is 12.1 Å². The van der Waals surface area contributed by atoms with Gasteiger partial charge in [-0.25, -0.2) is 4.68 Å². The van der Waals surface area contributed by atoms with Gasteiger partial charge in [0.05, 0.1) is 13.7 Å². The average Bonchev–Trinajstić information content (AvgIpc) is 2.96. The monoisotopic (exact) mass is 357 g/mol. The minimum atomic E-state index is -0.442. The largest absolute Gasteiger partial charge is 0.497 e. The van der Waals surface area contributed by atoms with Gasteiger partial charge in [0.1, 0.15) is 5.75 Å². The van der Waals surface area contributed by atoms with Gasteiger partial charge in [-0.05, 0) is 29.8 Å². The van der Waals surface area contributed by atoms with Gasteiger partial charge in [0.2, 0.25) is 0 Å². The number of benzene rings is 2. The predicted octanol–water partition coefficient (Wildman–Crippen LogP) is 2.82. The van der Waals surface area contributed by atoms with Crippen LogP contribution in [0, 0.1) is 0 Å². The molecule has 1 aromatic heterocycles. The minimum Gasteiger partial charge on any atom is -0.497 e. The van der Waals surface area contributed by atoms with Crippen molar-refractivity contribution >= 4 is 29.0 Å². The second-order valence-electron chi connectivity index (χ2n) is 5.30. The molecule has 0 aliphatic rings. The van der Waals surface area contributed by atoms with E-state index in [2.05, 4.69) is 15.6 Å². The van der Waals surface area contributed by atoms with Crippen molar-refractivity contribution in [3.8, 4) is 5.75 Å². The van der Waals surface area contributed by atoms with Gasteiger partial charge in [0.25, 0.3) is 5.91 Å². The van der Waals surface area contributed by atoms with Crippen molar-refractivity contribution in [2.45, 2.75) is 6.54 Å². The number of nitrogens with one attached hydrogen (secondary N) is 1. The van der Waals surface area contributed by atoms with Gasteiger partial charge < -0.3 is 15.8 Å². The summed E-state index contributed by atoms with van der Waals surface area (Å²) < 4.78 is 6.58. The van der Waals surface area contributed by atoms with Gasteiger partial charge in [-0.2, -0.15) is 0 Å². The number of anilines is 2. The van der Waals surface area contributed by atoms with Crippen LogP contribution in [-0.2, 0) is 6.54 Å². The Morgan fingerprint density at radius 2 is 2.08 bits per heavy atom. The Hall–Kier alpha value is -3.06. The molecule has 0 radical (unpaired) electrons. The van der Waals surface area contributed by atoms with Crippen LogP contribution in [0.15, 0.2) is 48.5 Å². The molecule has 128 valence electrons. The lowest BCUT2D eigenvalue weighted by atomic mass is 10.2. The lowest BCUT2D eigenvalue weighted by molar-refractivity contribution is 0.102. The number of halogens is 1. The van der Waals surface area contributed by atoms with Crippen LogP contribution in [0.4, 0.5) is 11.5 Å². The first-order chi connectivity index (χ1) is 12.1. The third-order valence-electron chi connectivity index (χ3n) is 3.54. The second kappa shape index (κ2) is 7.23. The van der Waals surface area contributed by atoms with Crippen LogP contribution in [0.2, 0.25) is 5.02 Å². The molecule has 0 bridgehead atoms. The molecule has 0 unspecified atom stereocenters. The molecule has 8 heteroatoms. The zero-order chi connectivity index (χ0) is 17.8. The highest BCUT2D eigenvalue weighted by atomic mass is 35.5. The maximum atomic E-state index is 12.4. The topological polar surface area (TPSA) is 95.1 Å². The minimum absolute atomic E-state index is 0.0600. The number of amides is 1. The fourth-order valence-corrected chi connectivity index (χ4v) is 2.51. The molecule has 0 fully saturated rings. The van der Waals surface area contributed by atoms with Crippen LogP contribution in [-0.4, -0.2) is 28.0 Å². The summed E-state index contributed by atoms with van der Waals surface area (Å²) in [5.74, 6) is 0.374. The number of aromatic nitrogens is 3. The Morgan fingerprint density at radius 1 is 1.28 bits per heavy atom.